The van der Waals surface area contributed by atoms with E-state index in [0.29, 0.717) is 12.0 Å². The van der Waals surface area contributed by atoms with Crippen LogP contribution in [0.5, 0.6) is 0 Å². The zero-order chi connectivity index (χ0) is 12.7. The van der Waals surface area contributed by atoms with Gasteiger partial charge in [-0.25, -0.2) is 0 Å². The summed E-state index contributed by atoms with van der Waals surface area (Å²) in [5.74, 6) is 1.31. The lowest BCUT2D eigenvalue weighted by Crippen LogP contribution is -2.33. The van der Waals surface area contributed by atoms with Crippen molar-refractivity contribution in [1.82, 2.24) is 4.98 Å². The molecule has 3 atom stereocenters. The first-order chi connectivity index (χ1) is 8.65. The average Bonchev–Trinajstić information content (AvgIpc) is 2.75. The topological polar surface area (TPSA) is 41.8 Å². The van der Waals surface area contributed by atoms with Gasteiger partial charge in [0.05, 0.1) is 0 Å². The molecule has 1 heterocycles. The molecule has 3 rings (SSSR count). The van der Waals surface area contributed by atoms with Crippen molar-refractivity contribution in [3.63, 3.8) is 0 Å². The van der Waals surface area contributed by atoms with Crippen molar-refractivity contribution in [1.29, 1.82) is 0 Å². The van der Waals surface area contributed by atoms with Crippen LogP contribution < -0.4 is 5.73 Å². The first kappa shape index (κ1) is 11.8. The van der Waals surface area contributed by atoms with Gasteiger partial charge < -0.3 is 10.7 Å². The first-order valence-electron chi connectivity index (χ1n) is 6.98. The lowest BCUT2D eigenvalue weighted by molar-refractivity contribution is 0.307. The minimum atomic E-state index is 0.320. The summed E-state index contributed by atoms with van der Waals surface area (Å²) in [5, 5.41) is 1.37. The Morgan fingerprint density at radius 1 is 1.28 bits per heavy atom. The number of fused-ring (bicyclic) bond motifs is 1. The second-order valence-electron chi connectivity index (χ2n) is 5.98. The largest absolute Gasteiger partial charge is 0.361 e. The quantitative estimate of drug-likeness (QED) is 0.786. The fourth-order valence-electron chi connectivity index (χ4n) is 3.32. The number of nitrogens with one attached hydrogen (secondary N) is 1. The number of rotatable bonds is 1. The molecule has 1 aliphatic rings. The maximum atomic E-state index is 6.35. The van der Waals surface area contributed by atoms with Gasteiger partial charge in [0, 0.05) is 29.1 Å². The van der Waals surface area contributed by atoms with Crippen LogP contribution in [0.2, 0.25) is 0 Å². The van der Waals surface area contributed by atoms with E-state index >= 15 is 0 Å². The molecular formula is C16H22N2. The molecule has 2 aromatic rings. The van der Waals surface area contributed by atoms with Gasteiger partial charge in [-0.15, -0.1) is 0 Å². The summed E-state index contributed by atoms with van der Waals surface area (Å²) < 4.78 is 0. The van der Waals surface area contributed by atoms with E-state index in [1.54, 1.807) is 0 Å². The van der Waals surface area contributed by atoms with Gasteiger partial charge in [-0.2, -0.15) is 0 Å². The highest BCUT2D eigenvalue weighted by Gasteiger charge is 2.28. The molecule has 0 saturated heterocycles. The van der Waals surface area contributed by atoms with Crippen molar-refractivity contribution in [2.75, 3.05) is 0 Å². The molecule has 0 bridgehead atoms. The van der Waals surface area contributed by atoms with Crippen LogP contribution in [-0.2, 0) is 0 Å². The molecule has 2 heteroatoms. The number of hydrogen-bond acceptors (Lipinski definition) is 1. The average molecular weight is 242 g/mol. The fourth-order valence-corrected chi connectivity index (χ4v) is 3.32. The van der Waals surface area contributed by atoms with Crippen molar-refractivity contribution < 1.29 is 0 Å². The molecule has 3 N–H and O–H groups in total. The van der Waals surface area contributed by atoms with Crippen LogP contribution in [0.15, 0.2) is 24.4 Å². The van der Waals surface area contributed by atoms with Crippen LogP contribution in [-0.4, -0.2) is 11.0 Å². The summed E-state index contributed by atoms with van der Waals surface area (Å²) in [6, 6.07) is 6.94. The lowest BCUT2D eigenvalue weighted by Gasteiger charge is -2.32. The van der Waals surface area contributed by atoms with Crippen LogP contribution in [0.3, 0.4) is 0 Å². The van der Waals surface area contributed by atoms with Gasteiger partial charge in [0.25, 0.3) is 0 Å². The standard InChI is InChI=1S/C16H22N2/c1-10-3-5-15(17)12(7-10)14-9-18-16-6-4-11(2)8-13(14)16/h4,6,8-10,12,15,18H,3,5,7,17H2,1-2H3. The Hall–Kier alpha value is -1.28. The molecule has 2 nitrogen and oxygen atoms in total. The van der Waals surface area contributed by atoms with Crippen LogP contribution in [0.25, 0.3) is 10.9 Å². The van der Waals surface area contributed by atoms with Crippen molar-refractivity contribution in [3.8, 4) is 0 Å². The highest BCUT2D eigenvalue weighted by molar-refractivity contribution is 5.84. The van der Waals surface area contributed by atoms with Crippen LogP contribution in [0, 0.1) is 12.8 Å². The first-order valence-corrected chi connectivity index (χ1v) is 6.98. The molecule has 1 fully saturated rings. The summed E-state index contributed by atoms with van der Waals surface area (Å²) in [6.07, 6.45) is 5.83. The molecule has 0 radical (unpaired) electrons. The minimum absolute atomic E-state index is 0.320. The smallest absolute Gasteiger partial charge is 0.0457 e. The highest BCUT2D eigenvalue weighted by Crippen LogP contribution is 2.38. The minimum Gasteiger partial charge on any atom is -0.361 e. The summed E-state index contributed by atoms with van der Waals surface area (Å²) >= 11 is 0. The van der Waals surface area contributed by atoms with E-state index in [-0.39, 0.29) is 0 Å². The van der Waals surface area contributed by atoms with E-state index in [1.807, 2.05) is 0 Å². The SMILES string of the molecule is Cc1ccc2[nH]cc(C3CC(C)CCC3N)c2c1. The van der Waals surface area contributed by atoms with Gasteiger partial charge in [0.15, 0.2) is 0 Å². The predicted molar refractivity (Wildman–Crippen MR) is 76.8 cm³/mol. The third-order valence-electron chi connectivity index (χ3n) is 4.43. The molecule has 96 valence electrons. The van der Waals surface area contributed by atoms with E-state index in [0.717, 1.165) is 12.3 Å². The molecule has 1 aliphatic carbocycles. The van der Waals surface area contributed by atoms with Gasteiger partial charge in [0.2, 0.25) is 0 Å². The van der Waals surface area contributed by atoms with E-state index in [4.69, 9.17) is 5.73 Å². The Morgan fingerprint density at radius 2 is 2.11 bits per heavy atom. The third kappa shape index (κ3) is 1.95. The number of nitrogens with two attached hydrogens (primary N) is 1. The molecule has 3 unspecified atom stereocenters. The third-order valence-corrected chi connectivity index (χ3v) is 4.43. The second-order valence-corrected chi connectivity index (χ2v) is 5.98. The van der Waals surface area contributed by atoms with Crippen LogP contribution in [0.1, 0.15) is 43.2 Å². The van der Waals surface area contributed by atoms with Gasteiger partial charge in [-0.1, -0.05) is 18.6 Å². The Labute approximate surface area is 109 Å². The van der Waals surface area contributed by atoms with E-state index in [2.05, 4.69) is 43.2 Å². The second kappa shape index (κ2) is 4.43. The zero-order valence-electron chi connectivity index (χ0n) is 11.2. The number of aryl methyl sites for hydroxylation is 1. The molecule has 18 heavy (non-hydrogen) atoms. The molecule has 0 spiro atoms. The van der Waals surface area contributed by atoms with Crippen LogP contribution in [0.4, 0.5) is 0 Å². The molecule has 0 amide bonds. The highest BCUT2D eigenvalue weighted by atomic mass is 14.7. The summed E-state index contributed by atoms with van der Waals surface area (Å²) in [7, 11) is 0. The van der Waals surface area contributed by atoms with Crippen LogP contribution >= 0.6 is 0 Å². The molecule has 1 aromatic heterocycles. The van der Waals surface area contributed by atoms with Gasteiger partial charge in [-0.3, -0.25) is 0 Å². The predicted octanol–water partition coefficient (Wildman–Crippen LogP) is 3.71. The molecular weight excluding hydrogens is 220 g/mol. The van der Waals surface area contributed by atoms with Gasteiger partial charge in [0.1, 0.15) is 0 Å². The van der Waals surface area contributed by atoms with Crippen molar-refractivity contribution >= 4 is 10.9 Å². The lowest BCUT2D eigenvalue weighted by atomic mass is 9.76. The maximum absolute atomic E-state index is 6.35. The Balaban J connectivity index is 2.05. The number of aromatic amines is 1. The Bertz CT molecular complexity index is 555. The monoisotopic (exact) mass is 242 g/mol. The normalized spacial score (nSPS) is 28.7. The van der Waals surface area contributed by atoms with Crippen molar-refractivity contribution in [2.24, 2.45) is 11.7 Å². The maximum Gasteiger partial charge on any atom is 0.0457 e. The summed E-state index contributed by atoms with van der Waals surface area (Å²) in [4.78, 5) is 3.39. The number of benzene rings is 1. The van der Waals surface area contributed by atoms with Crippen molar-refractivity contribution in [3.05, 3.63) is 35.5 Å². The van der Waals surface area contributed by atoms with E-state index in [9.17, 15) is 0 Å². The number of aromatic nitrogens is 1. The van der Waals surface area contributed by atoms with Gasteiger partial charge in [-0.05, 0) is 49.8 Å². The van der Waals surface area contributed by atoms with Gasteiger partial charge >= 0.3 is 0 Å². The number of H-pyrrole nitrogens is 1. The summed E-state index contributed by atoms with van der Waals surface area (Å²) in [5.41, 5.74) is 10.3. The van der Waals surface area contributed by atoms with Crippen molar-refractivity contribution in [2.45, 2.75) is 45.1 Å². The molecule has 1 aromatic carbocycles. The zero-order valence-corrected chi connectivity index (χ0v) is 11.2. The number of hydrogen-bond donors (Lipinski definition) is 2. The van der Waals surface area contributed by atoms with E-state index in [1.165, 1.54) is 34.9 Å². The fraction of sp³-hybridized carbons (Fsp3) is 0.500. The molecule has 0 aliphatic heterocycles. The summed E-state index contributed by atoms with van der Waals surface area (Å²) in [6.45, 7) is 4.50. The Kier molecular flexibility index (Phi) is 2.90. The molecule has 1 saturated carbocycles. The Morgan fingerprint density at radius 3 is 2.94 bits per heavy atom. The van der Waals surface area contributed by atoms with E-state index < -0.39 is 0 Å².